The van der Waals surface area contributed by atoms with Crippen molar-refractivity contribution in [3.63, 3.8) is 0 Å². The lowest BCUT2D eigenvalue weighted by Crippen LogP contribution is -2.15. The highest BCUT2D eigenvalue weighted by atomic mass is 14.7. The van der Waals surface area contributed by atoms with E-state index in [9.17, 15) is 0 Å². The topological polar surface area (TPSA) is 12.4 Å². The summed E-state index contributed by atoms with van der Waals surface area (Å²) in [6.45, 7) is 6.66. The van der Waals surface area contributed by atoms with E-state index in [0.717, 1.165) is 5.69 Å². The second kappa shape index (κ2) is 2.73. The molecule has 0 saturated heterocycles. The van der Waals surface area contributed by atoms with Crippen LogP contribution in [-0.2, 0) is 5.41 Å². The Morgan fingerprint density at radius 2 is 2.00 bits per heavy atom. The van der Waals surface area contributed by atoms with Crippen LogP contribution in [0.4, 0.5) is 5.69 Å². The minimum absolute atomic E-state index is 0.215. The number of hydrogen-bond donors (Lipinski definition) is 0. The summed E-state index contributed by atoms with van der Waals surface area (Å²) in [4.78, 5) is 4.29. The van der Waals surface area contributed by atoms with Crippen LogP contribution in [0.5, 0.6) is 0 Å². The van der Waals surface area contributed by atoms with Crippen LogP contribution < -0.4 is 5.46 Å². The van der Waals surface area contributed by atoms with Crippen LogP contribution in [0.25, 0.3) is 0 Å². The molecule has 0 saturated carbocycles. The number of benzene rings is 1. The Bertz CT molecular complexity index is 361. The van der Waals surface area contributed by atoms with Crippen molar-refractivity contribution in [1.82, 2.24) is 0 Å². The van der Waals surface area contributed by atoms with E-state index in [2.05, 4.69) is 44.0 Å². The van der Waals surface area contributed by atoms with Crippen LogP contribution >= 0.6 is 0 Å². The molecule has 0 aromatic heterocycles. The monoisotopic (exact) mass is 170 g/mol. The fourth-order valence-electron chi connectivity index (χ4n) is 1.46. The molecule has 1 aromatic carbocycles. The molecule has 2 heteroatoms. The second-order valence-corrected chi connectivity index (χ2v) is 4.47. The minimum Gasteiger partial charge on any atom is -0.272 e. The third-order valence-electron chi connectivity index (χ3n) is 2.36. The summed E-state index contributed by atoms with van der Waals surface area (Å²) in [6.07, 6.45) is 1.86. The molecule has 1 nitrogen and oxygen atoms in total. The van der Waals surface area contributed by atoms with E-state index in [1.54, 1.807) is 0 Å². The summed E-state index contributed by atoms with van der Waals surface area (Å²) in [5.41, 5.74) is 3.90. The van der Waals surface area contributed by atoms with E-state index >= 15 is 0 Å². The molecule has 13 heavy (non-hydrogen) atoms. The van der Waals surface area contributed by atoms with Crippen LogP contribution in [0.2, 0.25) is 0 Å². The molecule has 1 radical (unpaired) electrons. The van der Waals surface area contributed by atoms with Gasteiger partial charge >= 0.3 is 0 Å². The van der Waals surface area contributed by atoms with E-state index in [1.165, 1.54) is 11.0 Å². The first-order chi connectivity index (χ1) is 6.07. The van der Waals surface area contributed by atoms with Gasteiger partial charge in [0.05, 0.1) is 5.69 Å². The first-order valence-corrected chi connectivity index (χ1v) is 4.59. The molecule has 1 heterocycles. The van der Waals surface area contributed by atoms with Gasteiger partial charge in [0.1, 0.15) is 0 Å². The van der Waals surface area contributed by atoms with Crippen LogP contribution in [-0.4, -0.2) is 13.4 Å². The van der Waals surface area contributed by atoms with E-state index in [0.29, 0.717) is 0 Å². The van der Waals surface area contributed by atoms with Crippen molar-refractivity contribution in [3.8, 4) is 0 Å². The molecule has 1 aromatic rings. The van der Waals surface area contributed by atoms with Crippen LogP contribution in [0.15, 0.2) is 23.2 Å². The minimum atomic E-state index is 0.215. The molecule has 0 aliphatic carbocycles. The first kappa shape index (κ1) is 8.55. The zero-order valence-electron chi connectivity index (χ0n) is 8.33. The third kappa shape index (κ3) is 1.53. The number of aliphatic imine (C=N–C) groups is 1. The Hall–Kier alpha value is -1.05. The highest BCUT2D eigenvalue weighted by molar-refractivity contribution is 6.82. The Labute approximate surface area is 80.1 Å². The van der Waals surface area contributed by atoms with Crippen molar-refractivity contribution in [1.29, 1.82) is 0 Å². The first-order valence-electron chi connectivity index (χ1n) is 4.59. The molecule has 0 amide bonds. The van der Waals surface area contributed by atoms with E-state index in [-0.39, 0.29) is 5.41 Å². The standard InChI is InChI=1S/C11H13BN/c1-11(2,3)8-4-5-9-10(6-8)13-7-12-9/h4-7H,1-3H3. The van der Waals surface area contributed by atoms with Crippen molar-refractivity contribution >= 4 is 24.5 Å². The van der Waals surface area contributed by atoms with Crippen molar-refractivity contribution in [2.45, 2.75) is 26.2 Å². The quantitative estimate of drug-likeness (QED) is 0.528. The van der Waals surface area contributed by atoms with Crippen molar-refractivity contribution in [2.75, 3.05) is 0 Å². The largest absolute Gasteiger partial charge is 0.272 e. The Kier molecular flexibility index (Phi) is 1.79. The summed E-state index contributed by atoms with van der Waals surface area (Å²) in [7, 11) is 2.04. The second-order valence-electron chi connectivity index (χ2n) is 4.47. The van der Waals surface area contributed by atoms with E-state index in [4.69, 9.17) is 0 Å². The number of rotatable bonds is 0. The number of hydrogen-bond acceptors (Lipinski definition) is 1. The van der Waals surface area contributed by atoms with E-state index in [1.807, 2.05) is 13.4 Å². The normalized spacial score (nSPS) is 14.1. The molecule has 0 bridgehead atoms. The van der Waals surface area contributed by atoms with Gasteiger partial charge < -0.3 is 0 Å². The molecule has 0 spiro atoms. The SMILES string of the molecule is CC(C)(C)c1ccc2c(c1)N=C[B]2. The fourth-order valence-corrected chi connectivity index (χ4v) is 1.46. The Morgan fingerprint density at radius 3 is 2.69 bits per heavy atom. The molecule has 65 valence electrons. The smallest absolute Gasteiger partial charge is 0.209 e. The van der Waals surface area contributed by atoms with Crippen molar-refractivity contribution < 1.29 is 0 Å². The van der Waals surface area contributed by atoms with Gasteiger partial charge in [0.2, 0.25) is 7.28 Å². The highest BCUT2D eigenvalue weighted by Crippen LogP contribution is 2.25. The van der Waals surface area contributed by atoms with Crippen LogP contribution in [0.1, 0.15) is 26.3 Å². The number of nitrogens with zero attached hydrogens (tertiary/aromatic N) is 1. The van der Waals surface area contributed by atoms with Gasteiger partial charge in [0.15, 0.2) is 0 Å². The van der Waals surface area contributed by atoms with Gasteiger partial charge in [-0.3, -0.25) is 4.99 Å². The molecule has 0 unspecified atom stereocenters. The average Bonchev–Trinajstić information content (AvgIpc) is 2.47. The summed E-state index contributed by atoms with van der Waals surface area (Å²) < 4.78 is 0. The Balaban J connectivity index is 2.47. The summed E-state index contributed by atoms with van der Waals surface area (Å²) >= 11 is 0. The van der Waals surface area contributed by atoms with Gasteiger partial charge in [-0.25, -0.2) is 0 Å². The molecule has 0 N–H and O–H groups in total. The average molecular weight is 170 g/mol. The van der Waals surface area contributed by atoms with Crippen molar-refractivity contribution in [3.05, 3.63) is 23.8 Å². The van der Waals surface area contributed by atoms with Gasteiger partial charge in [-0.05, 0) is 23.2 Å². The number of fused-ring (bicyclic) bond motifs is 1. The third-order valence-corrected chi connectivity index (χ3v) is 2.36. The van der Waals surface area contributed by atoms with E-state index < -0.39 is 0 Å². The zero-order chi connectivity index (χ0) is 9.47. The summed E-state index contributed by atoms with van der Waals surface area (Å²) in [5, 5.41) is 0. The maximum atomic E-state index is 4.29. The fraction of sp³-hybridized carbons (Fsp3) is 0.364. The Morgan fingerprint density at radius 1 is 1.23 bits per heavy atom. The molecular weight excluding hydrogens is 157 g/mol. The molecule has 2 rings (SSSR count). The lowest BCUT2D eigenvalue weighted by molar-refractivity contribution is 0.590. The highest BCUT2D eigenvalue weighted by Gasteiger charge is 2.16. The van der Waals surface area contributed by atoms with Crippen molar-refractivity contribution in [2.24, 2.45) is 4.99 Å². The van der Waals surface area contributed by atoms with Gasteiger partial charge in [-0.2, -0.15) is 0 Å². The molecule has 0 atom stereocenters. The predicted molar refractivity (Wildman–Crippen MR) is 58.7 cm³/mol. The van der Waals surface area contributed by atoms with Crippen LogP contribution in [0, 0.1) is 0 Å². The zero-order valence-corrected chi connectivity index (χ0v) is 8.33. The molecular formula is C11H13BN. The van der Waals surface area contributed by atoms with Gasteiger partial charge in [0.25, 0.3) is 0 Å². The molecule has 1 aliphatic heterocycles. The summed E-state index contributed by atoms with van der Waals surface area (Å²) in [5.74, 6) is 0. The van der Waals surface area contributed by atoms with Gasteiger partial charge in [-0.1, -0.05) is 38.4 Å². The lowest BCUT2D eigenvalue weighted by Gasteiger charge is -2.19. The van der Waals surface area contributed by atoms with Gasteiger partial charge in [-0.15, -0.1) is 0 Å². The maximum absolute atomic E-state index is 4.29. The predicted octanol–water partition coefficient (Wildman–Crippen LogP) is 1.99. The maximum Gasteiger partial charge on any atom is 0.209 e. The molecule has 0 fully saturated rings. The molecule has 1 aliphatic rings. The lowest BCUT2D eigenvalue weighted by atomic mass is 9.72. The van der Waals surface area contributed by atoms with Crippen LogP contribution in [0.3, 0.4) is 0 Å². The summed E-state index contributed by atoms with van der Waals surface area (Å²) in [6, 6.07) is 6.50. The van der Waals surface area contributed by atoms with Gasteiger partial charge in [0, 0.05) is 0 Å².